The van der Waals surface area contributed by atoms with E-state index in [1.165, 1.54) is 11.4 Å². The monoisotopic (exact) mass is 340 g/mol. The van der Waals surface area contributed by atoms with Gasteiger partial charge < -0.3 is 15.0 Å². The second kappa shape index (κ2) is 6.81. The highest BCUT2D eigenvalue weighted by Crippen LogP contribution is 2.31. The Morgan fingerprint density at radius 2 is 2.10 bits per heavy atom. The van der Waals surface area contributed by atoms with Crippen LogP contribution in [0.5, 0.6) is 0 Å². The van der Waals surface area contributed by atoms with Crippen molar-refractivity contribution in [1.29, 1.82) is 0 Å². The van der Waals surface area contributed by atoms with Crippen LogP contribution in [0.1, 0.15) is 26.7 Å². The predicted molar refractivity (Wildman–Crippen MR) is 89.7 cm³/mol. The average molecular weight is 341 g/mol. The van der Waals surface area contributed by atoms with E-state index in [4.69, 9.17) is 4.74 Å². The summed E-state index contributed by atoms with van der Waals surface area (Å²) >= 11 is 3.56. The van der Waals surface area contributed by atoms with E-state index in [0.29, 0.717) is 18.1 Å². The molecule has 0 spiro atoms. The largest absolute Gasteiger partial charge is 0.380 e. The fourth-order valence-electron chi connectivity index (χ4n) is 2.66. The van der Waals surface area contributed by atoms with Crippen molar-refractivity contribution in [2.24, 2.45) is 5.92 Å². The summed E-state index contributed by atoms with van der Waals surface area (Å²) in [5, 5.41) is 3.70. The van der Waals surface area contributed by atoms with Gasteiger partial charge in [-0.1, -0.05) is 29.8 Å². The lowest BCUT2D eigenvalue weighted by atomic mass is 9.95. The minimum Gasteiger partial charge on any atom is -0.380 e. The summed E-state index contributed by atoms with van der Waals surface area (Å²) in [4.78, 5) is 2.15. The molecule has 0 saturated carbocycles. The quantitative estimate of drug-likeness (QED) is 0.891. The molecule has 1 saturated heterocycles. The van der Waals surface area contributed by atoms with Crippen LogP contribution in [0.4, 0.5) is 11.4 Å². The van der Waals surface area contributed by atoms with Crippen LogP contribution in [0.2, 0.25) is 0 Å². The molecule has 1 heterocycles. The van der Waals surface area contributed by atoms with Crippen molar-refractivity contribution in [3.8, 4) is 0 Å². The van der Waals surface area contributed by atoms with Crippen LogP contribution < -0.4 is 10.2 Å². The Bertz CT molecular complexity index is 448. The fourth-order valence-corrected chi connectivity index (χ4v) is 3.02. The molecule has 4 heteroatoms. The highest BCUT2D eigenvalue weighted by Gasteiger charge is 2.25. The summed E-state index contributed by atoms with van der Waals surface area (Å²) in [5.74, 6) is 0.579. The zero-order valence-electron chi connectivity index (χ0n) is 12.8. The minimum atomic E-state index is 0.371. The van der Waals surface area contributed by atoms with Crippen molar-refractivity contribution >= 4 is 27.3 Å². The molecule has 0 amide bonds. The van der Waals surface area contributed by atoms with Gasteiger partial charge in [0.1, 0.15) is 0 Å². The molecule has 2 rings (SSSR count). The maximum atomic E-state index is 5.85. The number of benzene rings is 1. The van der Waals surface area contributed by atoms with Gasteiger partial charge in [0.25, 0.3) is 0 Å². The Kier molecular flexibility index (Phi) is 5.33. The SMILES string of the molecule is CC(C)C1CC(Nc2cc(Br)ccc2N(C)C)CCO1. The summed E-state index contributed by atoms with van der Waals surface area (Å²) in [6, 6.07) is 6.88. The van der Waals surface area contributed by atoms with Crippen molar-refractivity contribution in [3.05, 3.63) is 22.7 Å². The van der Waals surface area contributed by atoms with Gasteiger partial charge >= 0.3 is 0 Å². The van der Waals surface area contributed by atoms with E-state index in [9.17, 15) is 0 Å². The van der Waals surface area contributed by atoms with Crippen LogP contribution in [0.15, 0.2) is 22.7 Å². The number of halogens is 1. The second-order valence-electron chi connectivity index (χ2n) is 6.07. The lowest BCUT2D eigenvalue weighted by Gasteiger charge is -2.33. The molecule has 1 N–H and O–H groups in total. The van der Waals surface area contributed by atoms with Crippen LogP contribution in [-0.4, -0.2) is 32.8 Å². The first kappa shape index (κ1) is 15.6. The Morgan fingerprint density at radius 1 is 1.35 bits per heavy atom. The van der Waals surface area contributed by atoms with Crippen molar-refractivity contribution in [2.75, 3.05) is 30.9 Å². The molecule has 2 atom stereocenters. The van der Waals surface area contributed by atoms with E-state index in [0.717, 1.165) is 23.9 Å². The second-order valence-corrected chi connectivity index (χ2v) is 6.99. The molecule has 1 aromatic carbocycles. The summed E-state index contributed by atoms with van der Waals surface area (Å²) in [7, 11) is 4.16. The Labute approximate surface area is 130 Å². The highest BCUT2D eigenvalue weighted by atomic mass is 79.9. The average Bonchev–Trinajstić information content (AvgIpc) is 2.38. The Balaban J connectivity index is 2.11. The molecule has 20 heavy (non-hydrogen) atoms. The zero-order valence-corrected chi connectivity index (χ0v) is 14.4. The van der Waals surface area contributed by atoms with E-state index in [-0.39, 0.29) is 0 Å². The number of rotatable bonds is 4. The third kappa shape index (κ3) is 3.89. The van der Waals surface area contributed by atoms with Crippen LogP contribution in [0.3, 0.4) is 0 Å². The lowest BCUT2D eigenvalue weighted by molar-refractivity contribution is -0.0160. The Morgan fingerprint density at radius 3 is 2.75 bits per heavy atom. The molecule has 3 nitrogen and oxygen atoms in total. The molecule has 0 bridgehead atoms. The molecular formula is C16H25BrN2O. The van der Waals surface area contributed by atoms with Crippen LogP contribution >= 0.6 is 15.9 Å². The molecule has 1 aliphatic rings. The van der Waals surface area contributed by atoms with Gasteiger partial charge in [0, 0.05) is 31.2 Å². The number of hydrogen-bond donors (Lipinski definition) is 1. The van der Waals surface area contributed by atoms with Crippen molar-refractivity contribution < 1.29 is 4.74 Å². The van der Waals surface area contributed by atoms with Crippen LogP contribution in [0, 0.1) is 5.92 Å². The van der Waals surface area contributed by atoms with E-state index < -0.39 is 0 Å². The maximum Gasteiger partial charge on any atom is 0.0617 e. The van der Waals surface area contributed by atoms with E-state index in [2.05, 4.69) is 72.3 Å². The van der Waals surface area contributed by atoms with Crippen LogP contribution in [0.25, 0.3) is 0 Å². The normalized spacial score (nSPS) is 22.9. The first-order valence-corrected chi connectivity index (χ1v) is 8.11. The first-order valence-electron chi connectivity index (χ1n) is 7.32. The smallest absolute Gasteiger partial charge is 0.0617 e. The number of nitrogens with zero attached hydrogens (tertiary/aromatic N) is 1. The summed E-state index contributed by atoms with van der Waals surface area (Å²) < 4.78 is 6.96. The molecule has 0 aliphatic carbocycles. The molecule has 1 fully saturated rings. The van der Waals surface area contributed by atoms with Crippen LogP contribution in [-0.2, 0) is 4.74 Å². The first-order chi connectivity index (χ1) is 9.47. The van der Waals surface area contributed by atoms with Gasteiger partial charge in [-0.3, -0.25) is 0 Å². The van der Waals surface area contributed by atoms with Gasteiger partial charge in [-0.05, 0) is 37.0 Å². The molecule has 0 radical (unpaired) electrons. The van der Waals surface area contributed by atoms with Gasteiger partial charge in [0.15, 0.2) is 0 Å². The molecular weight excluding hydrogens is 316 g/mol. The molecule has 112 valence electrons. The summed E-state index contributed by atoms with van der Waals surface area (Å²) in [6.07, 6.45) is 2.52. The van der Waals surface area contributed by atoms with Gasteiger partial charge in [-0.2, -0.15) is 0 Å². The topological polar surface area (TPSA) is 24.5 Å². The lowest BCUT2D eigenvalue weighted by Crippen LogP contribution is -2.36. The molecule has 2 unspecified atom stereocenters. The summed E-state index contributed by atoms with van der Waals surface area (Å²) in [6.45, 7) is 5.32. The molecule has 1 aliphatic heterocycles. The number of hydrogen-bond acceptors (Lipinski definition) is 3. The number of anilines is 2. The fraction of sp³-hybridized carbons (Fsp3) is 0.625. The third-order valence-electron chi connectivity index (χ3n) is 3.86. The van der Waals surface area contributed by atoms with Crippen molar-refractivity contribution in [2.45, 2.75) is 38.8 Å². The standard InChI is InChI=1S/C16H25BrN2O/c1-11(2)16-10-13(7-8-20-16)18-14-9-12(17)5-6-15(14)19(3)4/h5-6,9,11,13,16,18H,7-8,10H2,1-4H3. The Hall–Kier alpha value is -0.740. The van der Waals surface area contributed by atoms with Gasteiger partial charge in [0.2, 0.25) is 0 Å². The van der Waals surface area contributed by atoms with Gasteiger partial charge in [-0.25, -0.2) is 0 Å². The molecule has 1 aromatic rings. The highest BCUT2D eigenvalue weighted by molar-refractivity contribution is 9.10. The van der Waals surface area contributed by atoms with Crippen molar-refractivity contribution in [1.82, 2.24) is 0 Å². The van der Waals surface area contributed by atoms with Crippen molar-refractivity contribution in [3.63, 3.8) is 0 Å². The minimum absolute atomic E-state index is 0.371. The number of ether oxygens (including phenoxy) is 1. The predicted octanol–water partition coefficient (Wildman–Crippen LogP) is 4.13. The molecule has 0 aromatic heterocycles. The van der Waals surface area contributed by atoms with E-state index >= 15 is 0 Å². The zero-order chi connectivity index (χ0) is 14.7. The summed E-state index contributed by atoms with van der Waals surface area (Å²) in [5.41, 5.74) is 2.42. The van der Waals surface area contributed by atoms with Gasteiger partial charge in [-0.15, -0.1) is 0 Å². The van der Waals surface area contributed by atoms with E-state index in [1.807, 2.05) is 0 Å². The number of nitrogens with one attached hydrogen (secondary N) is 1. The maximum absolute atomic E-state index is 5.85. The van der Waals surface area contributed by atoms with E-state index in [1.54, 1.807) is 0 Å². The third-order valence-corrected chi connectivity index (χ3v) is 4.35. The van der Waals surface area contributed by atoms with Gasteiger partial charge in [0.05, 0.1) is 17.5 Å².